The van der Waals surface area contributed by atoms with Crippen LogP contribution in [0.15, 0.2) is 0 Å². The summed E-state index contributed by atoms with van der Waals surface area (Å²) < 4.78 is 9.64. The number of ether oxygens (including phenoxy) is 2. The number of hydrogen-bond acceptors (Lipinski definition) is 5. The van der Waals surface area contributed by atoms with Gasteiger partial charge in [-0.25, -0.2) is 0 Å². The van der Waals surface area contributed by atoms with E-state index in [-0.39, 0.29) is 13.2 Å². The van der Waals surface area contributed by atoms with Crippen LogP contribution in [0.25, 0.3) is 0 Å². The minimum Gasteiger partial charge on any atom is -0.388 e. The highest BCUT2D eigenvalue weighted by Crippen LogP contribution is 2.17. The van der Waals surface area contributed by atoms with E-state index in [1.165, 1.54) is 7.11 Å². The van der Waals surface area contributed by atoms with Crippen molar-refractivity contribution in [2.45, 2.75) is 24.4 Å². The number of hydrogen-bond donors (Lipinski definition) is 3. The Kier molecular flexibility index (Phi) is 3.42. The molecule has 3 N–H and O–H groups in total. The van der Waals surface area contributed by atoms with Crippen LogP contribution in [-0.2, 0) is 9.47 Å². The Morgan fingerprint density at radius 1 is 1.58 bits per heavy atom. The van der Waals surface area contributed by atoms with Crippen LogP contribution in [0.1, 0.15) is 0 Å². The highest BCUT2D eigenvalue weighted by molar-refractivity contribution is 4.87. The summed E-state index contributed by atoms with van der Waals surface area (Å²) in [5, 5.41) is 27.6. The van der Waals surface area contributed by atoms with Crippen molar-refractivity contribution in [2.24, 2.45) is 0 Å². The monoisotopic (exact) mass is 178 g/mol. The molecule has 72 valence electrons. The lowest BCUT2D eigenvalue weighted by molar-refractivity contribution is -0.0747. The van der Waals surface area contributed by atoms with Crippen LogP contribution >= 0.6 is 0 Å². The van der Waals surface area contributed by atoms with Crippen LogP contribution in [0.2, 0.25) is 0 Å². The standard InChI is InChI=1S/C7H14O5/c1-11-2-5(9)7-6(10)4(8)3-12-7/h4-10H,2-3H2,1H3. The normalized spacial score (nSPS) is 38.5. The Bertz CT molecular complexity index is 140. The second-order valence-corrected chi connectivity index (χ2v) is 2.88. The molecule has 0 amide bonds. The maximum Gasteiger partial charge on any atom is 0.114 e. The second-order valence-electron chi connectivity index (χ2n) is 2.88. The van der Waals surface area contributed by atoms with E-state index in [1.807, 2.05) is 0 Å². The Balaban J connectivity index is 2.41. The van der Waals surface area contributed by atoms with Crippen molar-refractivity contribution in [1.29, 1.82) is 0 Å². The summed E-state index contributed by atoms with van der Waals surface area (Å²) in [4.78, 5) is 0. The molecule has 0 spiro atoms. The van der Waals surface area contributed by atoms with Gasteiger partial charge in [-0.1, -0.05) is 0 Å². The SMILES string of the molecule is COCC(O)C1OCC(O)C1O. The fraction of sp³-hybridized carbons (Fsp3) is 1.00. The first kappa shape index (κ1) is 9.88. The smallest absolute Gasteiger partial charge is 0.114 e. The molecule has 0 saturated carbocycles. The first-order chi connectivity index (χ1) is 5.66. The minimum atomic E-state index is -1.02. The van der Waals surface area contributed by atoms with Gasteiger partial charge >= 0.3 is 0 Å². The Morgan fingerprint density at radius 3 is 2.67 bits per heavy atom. The van der Waals surface area contributed by atoms with E-state index in [1.54, 1.807) is 0 Å². The summed E-state index contributed by atoms with van der Waals surface area (Å²) in [5.74, 6) is 0. The molecule has 0 aromatic carbocycles. The molecular formula is C7H14O5. The molecule has 1 rings (SSSR count). The van der Waals surface area contributed by atoms with Crippen molar-refractivity contribution in [3.05, 3.63) is 0 Å². The minimum absolute atomic E-state index is 0.0621. The highest BCUT2D eigenvalue weighted by atomic mass is 16.5. The van der Waals surface area contributed by atoms with Gasteiger partial charge in [-0.05, 0) is 0 Å². The largest absolute Gasteiger partial charge is 0.388 e. The van der Waals surface area contributed by atoms with Crippen LogP contribution in [-0.4, -0.2) is 60.1 Å². The maximum atomic E-state index is 9.32. The zero-order valence-corrected chi connectivity index (χ0v) is 6.88. The third-order valence-corrected chi connectivity index (χ3v) is 1.91. The number of aliphatic hydroxyl groups is 3. The van der Waals surface area contributed by atoms with Crippen molar-refractivity contribution >= 4 is 0 Å². The fourth-order valence-corrected chi connectivity index (χ4v) is 1.23. The molecule has 1 aliphatic heterocycles. The lowest BCUT2D eigenvalue weighted by atomic mass is 10.1. The van der Waals surface area contributed by atoms with E-state index in [4.69, 9.17) is 9.84 Å². The third kappa shape index (κ3) is 1.94. The quantitative estimate of drug-likeness (QED) is 0.471. The summed E-state index contributed by atoms with van der Waals surface area (Å²) in [6.07, 6.45) is -3.54. The molecule has 1 heterocycles. The van der Waals surface area contributed by atoms with Gasteiger partial charge in [0.2, 0.25) is 0 Å². The summed E-state index contributed by atoms with van der Waals surface area (Å²) in [6.45, 7) is 0.154. The first-order valence-electron chi connectivity index (χ1n) is 3.81. The van der Waals surface area contributed by atoms with E-state index in [2.05, 4.69) is 4.74 Å². The molecule has 1 saturated heterocycles. The number of aliphatic hydroxyl groups excluding tert-OH is 3. The van der Waals surface area contributed by atoms with E-state index < -0.39 is 24.4 Å². The topological polar surface area (TPSA) is 79.2 Å². The van der Waals surface area contributed by atoms with Gasteiger partial charge in [0, 0.05) is 7.11 Å². The van der Waals surface area contributed by atoms with Crippen LogP contribution in [0.3, 0.4) is 0 Å². The molecular weight excluding hydrogens is 164 g/mol. The van der Waals surface area contributed by atoms with Gasteiger partial charge in [0.1, 0.15) is 24.4 Å². The van der Waals surface area contributed by atoms with Gasteiger partial charge in [-0.3, -0.25) is 0 Å². The zero-order chi connectivity index (χ0) is 9.14. The molecule has 12 heavy (non-hydrogen) atoms. The number of rotatable bonds is 3. The summed E-state index contributed by atoms with van der Waals surface area (Å²) >= 11 is 0. The molecule has 1 aliphatic rings. The zero-order valence-electron chi connectivity index (χ0n) is 6.88. The van der Waals surface area contributed by atoms with Crippen molar-refractivity contribution in [3.8, 4) is 0 Å². The predicted molar refractivity (Wildman–Crippen MR) is 39.6 cm³/mol. The molecule has 5 nitrogen and oxygen atoms in total. The van der Waals surface area contributed by atoms with E-state index in [0.29, 0.717) is 0 Å². The van der Waals surface area contributed by atoms with Gasteiger partial charge < -0.3 is 24.8 Å². The summed E-state index contributed by atoms with van der Waals surface area (Å²) in [5.41, 5.74) is 0. The Hall–Kier alpha value is -0.200. The Morgan fingerprint density at radius 2 is 2.25 bits per heavy atom. The molecule has 0 bridgehead atoms. The summed E-state index contributed by atoms with van der Waals surface area (Å²) in [6, 6.07) is 0. The summed E-state index contributed by atoms with van der Waals surface area (Å²) in [7, 11) is 1.45. The van der Waals surface area contributed by atoms with E-state index in [0.717, 1.165) is 0 Å². The van der Waals surface area contributed by atoms with E-state index >= 15 is 0 Å². The van der Waals surface area contributed by atoms with Gasteiger partial charge in [0.15, 0.2) is 0 Å². The van der Waals surface area contributed by atoms with Gasteiger partial charge in [0.25, 0.3) is 0 Å². The van der Waals surface area contributed by atoms with Gasteiger partial charge in [-0.15, -0.1) is 0 Å². The molecule has 0 aromatic heterocycles. The predicted octanol–water partition coefficient (Wildman–Crippen LogP) is -1.89. The molecule has 0 aliphatic carbocycles. The lowest BCUT2D eigenvalue weighted by Gasteiger charge is -2.19. The lowest BCUT2D eigenvalue weighted by Crippen LogP contribution is -2.40. The molecule has 0 radical (unpaired) electrons. The van der Waals surface area contributed by atoms with Crippen LogP contribution in [0.4, 0.5) is 0 Å². The van der Waals surface area contributed by atoms with Crippen molar-refractivity contribution in [1.82, 2.24) is 0 Å². The van der Waals surface area contributed by atoms with Crippen molar-refractivity contribution < 1.29 is 24.8 Å². The van der Waals surface area contributed by atoms with Crippen LogP contribution in [0.5, 0.6) is 0 Å². The van der Waals surface area contributed by atoms with E-state index in [9.17, 15) is 10.2 Å². The van der Waals surface area contributed by atoms with Crippen molar-refractivity contribution in [2.75, 3.05) is 20.3 Å². The molecule has 5 heteroatoms. The number of methoxy groups -OCH3 is 1. The van der Waals surface area contributed by atoms with Gasteiger partial charge in [-0.2, -0.15) is 0 Å². The fourth-order valence-electron chi connectivity index (χ4n) is 1.23. The van der Waals surface area contributed by atoms with Crippen LogP contribution < -0.4 is 0 Å². The van der Waals surface area contributed by atoms with Crippen molar-refractivity contribution in [3.63, 3.8) is 0 Å². The molecule has 0 aromatic rings. The maximum absolute atomic E-state index is 9.32. The molecule has 1 fully saturated rings. The highest BCUT2D eigenvalue weighted by Gasteiger charge is 2.38. The second kappa shape index (κ2) is 4.15. The first-order valence-corrected chi connectivity index (χ1v) is 3.81. The molecule has 4 unspecified atom stereocenters. The van der Waals surface area contributed by atoms with Crippen LogP contribution in [0, 0.1) is 0 Å². The average molecular weight is 178 g/mol. The average Bonchev–Trinajstić information content (AvgIpc) is 2.34. The third-order valence-electron chi connectivity index (χ3n) is 1.91. The van der Waals surface area contributed by atoms with Gasteiger partial charge in [0.05, 0.1) is 13.2 Å². The Labute approximate surface area is 70.5 Å². The molecule has 4 atom stereocenters.